The van der Waals surface area contributed by atoms with Crippen LogP contribution in [0.5, 0.6) is 0 Å². The van der Waals surface area contributed by atoms with Gasteiger partial charge in [-0.15, -0.1) is 0 Å². The smallest absolute Gasteiger partial charge is 0.208 e. The summed E-state index contributed by atoms with van der Waals surface area (Å²) in [4.78, 5) is 18.3. The van der Waals surface area contributed by atoms with Crippen molar-refractivity contribution in [2.24, 2.45) is 11.8 Å². The van der Waals surface area contributed by atoms with Gasteiger partial charge in [0.25, 0.3) is 0 Å². The zero-order valence-corrected chi connectivity index (χ0v) is 15.0. The standard InChI is InChI=1S/C19H25N5O/c1-12-13(2)21-11-22-19(12)24-8-15-6-23(7-16(15)9-24)10-18-20-5-17(25-18)14-3-4-14/h5,11,14-16H,3-4,6-10H2,1-2H3. The van der Waals surface area contributed by atoms with Gasteiger partial charge in [-0.3, -0.25) is 4.90 Å². The molecular formula is C19H25N5O. The first-order valence-corrected chi connectivity index (χ1v) is 9.37. The highest BCUT2D eigenvalue weighted by Crippen LogP contribution is 2.40. The molecule has 3 fully saturated rings. The third-order valence-corrected chi connectivity index (χ3v) is 6.08. The highest BCUT2D eigenvalue weighted by molar-refractivity contribution is 5.48. The molecule has 0 radical (unpaired) electrons. The van der Waals surface area contributed by atoms with Gasteiger partial charge in [0.05, 0.1) is 12.7 Å². The molecule has 0 aromatic carbocycles. The Balaban J connectivity index is 1.22. The van der Waals surface area contributed by atoms with Crippen molar-refractivity contribution in [3.8, 4) is 0 Å². The molecule has 25 heavy (non-hydrogen) atoms. The number of likely N-dealkylation sites (tertiary alicyclic amines) is 1. The van der Waals surface area contributed by atoms with E-state index in [0.717, 1.165) is 55.9 Å². The van der Waals surface area contributed by atoms with E-state index in [1.807, 2.05) is 6.20 Å². The van der Waals surface area contributed by atoms with Gasteiger partial charge in [-0.2, -0.15) is 0 Å². The Kier molecular flexibility index (Phi) is 3.55. The second-order valence-electron chi connectivity index (χ2n) is 7.96. The van der Waals surface area contributed by atoms with Gasteiger partial charge in [0, 0.05) is 43.4 Å². The summed E-state index contributed by atoms with van der Waals surface area (Å²) in [6, 6.07) is 0. The van der Waals surface area contributed by atoms with Gasteiger partial charge in [0.1, 0.15) is 17.9 Å². The third-order valence-electron chi connectivity index (χ3n) is 6.08. The Hall–Kier alpha value is -1.95. The zero-order valence-electron chi connectivity index (χ0n) is 15.0. The van der Waals surface area contributed by atoms with Crippen molar-refractivity contribution < 1.29 is 4.42 Å². The van der Waals surface area contributed by atoms with E-state index in [9.17, 15) is 0 Å². The SMILES string of the molecule is Cc1ncnc(N2CC3CN(Cc4ncc(C5CC5)o4)CC3C2)c1C. The van der Waals surface area contributed by atoms with E-state index in [1.54, 1.807) is 6.33 Å². The maximum absolute atomic E-state index is 5.93. The van der Waals surface area contributed by atoms with E-state index in [1.165, 1.54) is 18.4 Å². The summed E-state index contributed by atoms with van der Waals surface area (Å²) in [6.07, 6.45) is 6.16. The molecule has 2 aromatic heterocycles. The molecular weight excluding hydrogens is 314 g/mol. The minimum absolute atomic E-state index is 0.646. The summed E-state index contributed by atoms with van der Waals surface area (Å²) in [5.74, 6) is 5.18. The molecule has 0 spiro atoms. The molecule has 5 rings (SSSR count). The Bertz CT molecular complexity index is 770. The number of nitrogens with zero attached hydrogens (tertiary/aromatic N) is 5. The number of aryl methyl sites for hydroxylation is 1. The second-order valence-corrected chi connectivity index (χ2v) is 7.96. The molecule has 2 saturated heterocycles. The van der Waals surface area contributed by atoms with Crippen LogP contribution in [-0.4, -0.2) is 46.0 Å². The Labute approximate surface area is 148 Å². The number of fused-ring (bicyclic) bond motifs is 1. The van der Waals surface area contributed by atoms with Gasteiger partial charge in [0.2, 0.25) is 5.89 Å². The van der Waals surface area contributed by atoms with Gasteiger partial charge in [-0.05, 0) is 38.5 Å². The summed E-state index contributed by atoms with van der Waals surface area (Å²) >= 11 is 0. The summed E-state index contributed by atoms with van der Waals surface area (Å²) in [5.41, 5.74) is 2.30. The van der Waals surface area contributed by atoms with Crippen LogP contribution < -0.4 is 4.90 Å². The molecule has 2 aromatic rings. The number of oxazole rings is 1. The highest BCUT2D eigenvalue weighted by Gasteiger charge is 2.41. The Morgan fingerprint density at radius 2 is 1.80 bits per heavy atom. The van der Waals surface area contributed by atoms with Crippen molar-refractivity contribution in [2.75, 3.05) is 31.1 Å². The van der Waals surface area contributed by atoms with Crippen molar-refractivity contribution >= 4 is 5.82 Å². The summed E-state index contributed by atoms with van der Waals surface area (Å²) in [5, 5.41) is 0. The molecule has 3 aliphatic rings. The molecule has 132 valence electrons. The molecule has 1 saturated carbocycles. The maximum atomic E-state index is 5.93. The van der Waals surface area contributed by atoms with Crippen molar-refractivity contribution in [3.63, 3.8) is 0 Å². The molecule has 6 nitrogen and oxygen atoms in total. The fourth-order valence-corrected chi connectivity index (χ4v) is 4.38. The van der Waals surface area contributed by atoms with Gasteiger partial charge >= 0.3 is 0 Å². The van der Waals surface area contributed by atoms with Crippen LogP contribution in [-0.2, 0) is 6.54 Å². The lowest BCUT2D eigenvalue weighted by Gasteiger charge is -2.23. The summed E-state index contributed by atoms with van der Waals surface area (Å²) < 4.78 is 5.93. The van der Waals surface area contributed by atoms with Crippen LogP contribution in [0.3, 0.4) is 0 Å². The van der Waals surface area contributed by atoms with Gasteiger partial charge in [-0.1, -0.05) is 0 Å². The molecule has 4 heterocycles. The van der Waals surface area contributed by atoms with Crippen LogP contribution in [0.15, 0.2) is 16.9 Å². The van der Waals surface area contributed by atoms with Crippen molar-refractivity contribution in [3.05, 3.63) is 35.4 Å². The fraction of sp³-hybridized carbons (Fsp3) is 0.632. The van der Waals surface area contributed by atoms with Crippen LogP contribution in [0.4, 0.5) is 5.82 Å². The number of hydrogen-bond donors (Lipinski definition) is 0. The van der Waals surface area contributed by atoms with Crippen LogP contribution in [0.2, 0.25) is 0 Å². The number of anilines is 1. The van der Waals surface area contributed by atoms with Crippen LogP contribution in [0.1, 0.15) is 41.7 Å². The highest BCUT2D eigenvalue weighted by atomic mass is 16.4. The van der Waals surface area contributed by atoms with Crippen molar-refractivity contribution in [2.45, 2.75) is 39.2 Å². The second kappa shape index (κ2) is 5.80. The van der Waals surface area contributed by atoms with E-state index in [4.69, 9.17) is 4.42 Å². The van der Waals surface area contributed by atoms with Gasteiger partial charge in [0.15, 0.2) is 0 Å². The first-order valence-electron chi connectivity index (χ1n) is 9.37. The summed E-state index contributed by atoms with van der Waals surface area (Å²) in [7, 11) is 0. The minimum Gasteiger partial charge on any atom is -0.444 e. The molecule has 2 unspecified atom stereocenters. The Morgan fingerprint density at radius 3 is 2.52 bits per heavy atom. The largest absolute Gasteiger partial charge is 0.444 e. The van der Waals surface area contributed by atoms with Crippen LogP contribution in [0, 0.1) is 25.7 Å². The average molecular weight is 339 g/mol. The monoisotopic (exact) mass is 339 g/mol. The maximum Gasteiger partial charge on any atom is 0.208 e. The number of hydrogen-bond acceptors (Lipinski definition) is 6. The zero-order chi connectivity index (χ0) is 17.0. The van der Waals surface area contributed by atoms with E-state index in [-0.39, 0.29) is 0 Å². The first-order chi connectivity index (χ1) is 12.2. The lowest BCUT2D eigenvalue weighted by Crippen LogP contribution is -2.29. The van der Waals surface area contributed by atoms with E-state index in [0.29, 0.717) is 17.8 Å². The van der Waals surface area contributed by atoms with Crippen molar-refractivity contribution in [1.29, 1.82) is 0 Å². The topological polar surface area (TPSA) is 58.3 Å². The molecule has 0 bridgehead atoms. The quantitative estimate of drug-likeness (QED) is 0.853. The molecule has 0 N–H and O–H groups in total. The summed E-state index contributed by atoms with van der Waals surface area (Å²) in [6.45, 7) is 9.49. The third kappa shape index (κ3) is 2.82. The van der Waals surface area contributed by atoms with E-state index < -0.39 is 0 Å². The van der Waals surface area contributed by atoms with Gasteiger partial charge in [-0.25, -0.2) is 15.0 Å². The molecule has 0 amide bonds. The number of aromatic nitrogens is 3. The normalized spacial score (nSPS) is 26.4. The fourth-order valence-electron chi connectivity index (χ4n) is 4.38. The van der Waals surface area contributed by atoms with Gasteiger partial charge < -0.3 is 9.32 Å². The van der Waals surface area contributed by atoms with E-state index in [2.05, 4.69) is 38.6 Å². The number of rotatable bonds is 4. The molecule has 2 aliphatic heterocycles. The van der Waals surface area contributed by atoms with Crippen LogP contribution >= 0.6 is 0 Å². The lowest BCUT2D eigenvalue weighted by atomic mass is 10.0. The molecule has 6 heteroatoms. The lowest BCUT2D eigenvalue weighted by molar-refractivity contribution is 0.270. The predicted octanol–water partition coefficient (Wildman–Crippen LogP) is 2.53. The van der Waals surface area contributed by atoms with E-state index >= 15 is 0 Å². The average Bonchev–Trinajstić information content (AvgIpc) is 3.03. The first kappa shape index (κ1) is 15.3. The molecule has 1 aliphatic carbocycles. The van der Waals surface area contributed by atoms with Crippen molar-refractivity contribution in [1.82, 2.24) is 19.9 Å². The minimum atomic E-state index is 0.646. The predicted molar refractivity (Wildman–Crippen MR) is 94.5 cm³/mol. The molecule has 2 atom stereocenters. The Morgan fingerprint density at radius 1 is 1.04 bits per heavy atom. The van der Waals surface area contributed by atoms with Crippen LogP contribution in [0.25, 0.3) is 0 Å².